The molecule has 6 nitrogen and oxygen atoms in total. The van der Waals surface area contributed by atoms with Crippen LogP contribution in [0.4, 0.5) is 5.69 Å². The van der Waals surface area contributed by atoms with Crippen LogP contribution in [0.3, 0.4) is 0 Å². The minimum atomic E-state index is -3.39. The van der Waals surface area contributed by atoms with Gasteiger partial charge in [0.05, 0.1) is 10.6 Å². The Balaban J connectivity index is 2.02. The molecule has 1 aromatic carbocycles. The van der Waals surface area contributed by atoms with Crippen molar-refractivity contribution in [3.8, 4) is 0 Å². The van der Waals surface area contributed by atoms with Crippen LogP contribution in [0.5, 0.6) is 0 Å². The second-order valence-electron chi connectivity index (χ2n) is 5.61. The first-order valence-corrected chi connectivity index (χ1v) is 8.88. The number of aromatic nitrogens is 1. The van der Waals surface area contributed by atoms with E-state index in [1.54, 1.807) is 37.5 Å². The Hall–Kier alpha value is -2.25. The van der Waals surface area contributed by atoms with Gasteiger partial charge in [-0.15, -0.1) is 0 Å². The van der Waals surface area contributed by atoms with Crippen LogP contribution >= 0.6 is 0 Å². The number of benzene rings is 1. The Morgan fingerprint density at radius 3 is 2.70 bits per heavy atom. The van der Waals surface area contributed by atoms with E-state index in [4.69, 9.17) is 5.73 Å². The van der Waals surface area contributed by atoms with E-state index in [2.05, 4.69) is 10.3 Å². The van der Waals surface area contributed by atoms with Crippen LogP contribution in [-0.2, 0) is 9.84 Å². The molecule has 0 aliphatic carbocycles. The van der Waals surface area contributed by atoms with Crippen molar-refractivity contribution in [1.29, 1.82) is 0 Å². The van der Waals surface area contributed by atoms with Gasteiger partial charge >= 0.3 is 0 Å². The summed E-state index contributed by atoms with van der Waals surface area (Å²) < 4.78 is 24.5. The monoisotopic (exact) mass is 331 g/mol. The summed E-state index contributed by atoms with van der Waals surface area (Å²) in [6.45, 7) is 1.77. The highest BCUT2D eigenvalue weighted by molar-refractivity contribution is 7.91. The van der Waals surface area contributed by atoms with Crippen molar-refractivity contribution < 1.29 is 13.2 Å². The number of sulfone groups is 1. The SMILES string of the molecule is Cc1cc2c(cc1C(=O)Nc1ccncc1)S(=O)(=O)CC[C@H]2N. The molecule has 2 aromatic rings. The summed E-state index contributed by atoms with van der Waals surface area (Å²) in [5, 5.41) is 2.74. The van der Waals surface area contributed by atoms with E-state index in [1.807, 2.05) is 0 Å². The van der Waals surface area contributed by atoms with Crippen LogP contribution in [0.1, 0.15) is 33.9 Å². The van der Waals surface area contributed by atoms with Crippen LogP contribution in [0.25, 0.3) is 0 Å². The van der Waals surface area contributed by atoms with Crippen LogP contribution in [0.15, 0.2) is 41.6 Å². The maximum atomic E-state index is 12.5. The number of carbonyl (C=O) groups excluding carboxylic acids is 1. The molecule has 0 bridgehead atoms. The third-order valence-corrected chi connectivity index (χ3v) is 5.77. The molecule has 2 heterocycles. The summed E-state index contributed by atoms with van der Waals surface area (Å²) in [4.78, 5) is 16.5. The molecule has 0 saturated heterocycles. The number of anilines is 1. The number of rotatable bonds is 2. The average molecular weight is 331 g/mol. The molecular weight excluding hydrogens is 314 g/mol. The number of fused-ring (bicyclic) bond motifs is 1. The molecule has 3 N–H and O–H groups in total. The molecule has 3 rings (SSSR count). The van der Waals surface area contributed by atoms with Gasteiger partial charge < -0.3 is 11.1 Å². The molecule has 1 aliphatic heterocycles. The smallest absolute Gasteiger partial charge is 0.255 e. The second-order valence-corrected chi connectivity index (χ2v) is 7.69. The molecular formula is C16H17N3O3S. The highest BCUT2D eigenvalue weighted by Gasteiger charge is 2.30. The fourth-order valence-corrected chi connectivity index (χ4v) is 4.35. The molecule has 1 aromatic heterocycles. The fraction of sp³-hybridized carbons (Fsp3) is 0.250. The van der Waals surface area contributed by atoms with Gasteiger partial charge in [0.15, 0.2) is 9.84 Å². The number of nitrogens with two attached hydrogens (primary N) is 1. The third-order valence-electron chi connectivity index (χ3n) is 3.97. The molecule has 1 amide bonds. The third kappa shape index (κ3) is 2.97. The summed E-state index contributed by atoms with van der Waals surface area (Å²) in [5.41, 5.74) is 8.23. The van der Waals surface area contributed by atoms with Crippen molar-refractivity contribution in [2.75, 3.05) is 11.1 Å². The first-order valence-electron chi connectivity index (χ1n) is 7.23. The van der Waals surface area contributed by atoms with E-state index >= 15 is 0 Å². The number of nitrogens with one attached hydrogen (secondary N) is 1. The number of carbonyl (C=O) groups is 1. The van der Waals surface area contributed by atoms with E-state index in [9.17, 15) is 13.2 Å². The maximum Gasteiger partial charge on any atom is 0.255 e. The minimum Gasteiger partial charge on any atom is -0.324 e. The van der Waals surface area contributed by atoms with Gasteiger partial charge in [-0.25, -0.2) is 8.42 Å². The van der Waals surface area contributed by atoms with E-state index in [-0.39, 0.29) is 22.6 Å². The largest absolute Gasteiger partial charge is 0.324 e. The van der Waals surface area contributed by atoms with Crippen molar-refractivity contribution >= 4 is 21.4 Å². The Labute approximate surface area is 134 Å². The minimum absolute atomic E-state index is 0.00956. The van der Waals surface area contributed by atoms with Gasteiger partial charge in [0.25, 0.3) is 5.91 Å². The van der Waals surface area contributed by atoms with Gasteiger partial charge in [0, 0.05) is 29.7 Å². The summed E-state index contributed by atoms with van der Waals surface area (Å²) in [5.74, 6) is -0.346. The standard InChI is InChI=1S/C16H17N3O3S/c1-10-8-13-14(17)4-7-23(21,22)15(13)9-12(10)16(20)19-11-2-5-18-6-3-11/h2-3,5-6,8-9,14H,4,7,17H2,1H3,(H,18,19,20)/t14-/m1/s1. The van der Waals surface area contributed by atoms with E-state index in [1.165, 1.54) is 6.07 Å². The molecule has 1 atom stereocenters. The molecule has 120 valence electrons. The van der Waals surface area contributed by atoms with Crippen molar-refractivity contribution in [3.05, 3.63) is 53.3 Å². The summed E-state index contributed by atoms with van der Waals surface area (Å²) >= 11 is 0. The fourth-order valence-electron chi connectivity index (χ4n) is 2.70. The highest BCUT2D eigenvalue weighted by atomic mass is 32.2. The zero-order valence-corrected chi connectivity index (χ0v) is 13.4. The normalized spacial score (nSPS) is 19.0. The molecule has 7 heteroatoms. The Kier molecular flexibility index (Phi) is 3.91. The molecule has 0 unspecified atom stereocenters. The van der Waals surface area contributed by atoms with Crippen LogP contribution in [0.2, 0.25) is 0 Å². The summed E-state index contributed by atoms with van der Waals surface area (Å²) in [6, 6.07) is 6.16. The topological polar surface area (TPSA) is 102 Å². The molecule has 23 heavy (non-hydrogen) atoms. The quantitative estimate of drug-likeness (QED) is 0.874. The second kappa shape index (κ2) is 5.75. The predicted octanol–water partition coefficient (Wildman–Crippen LogP) is 1.82. The molecule has 0 radical (unpaired) electrons. The van der Waals surface area contributed by atoms with E-state index in [0.29, 0.717) is 28.8 Å². The molecule has 0 saturated carbocycles. The first kappa shape index (κ1) is 15.6. The first-order chi connectivity index (χ1) is 10.9. The Bertz CT molecular complexity index is 864. The van der Waals surface area contributed by atoms with Gasteiger partial charge in [0.1, 0.15) is 0 Å². The number of amides is 1. The molecule has 0 spiro atoms. The number of aryl methyl sites for hydroxylation is 1. The van der Waals surface area contributed by atoms with Gasteiger partial charge in [-0.3, -0.25) is 9.78 Å². The molecule has 1 aliphatic rings. The average Bonchev–Trinajstić information content (AvgIpc) is 2.52. The summed E-state index contributed by atoms with van der Waals surface area (Å²) in [7, 11) is -3.39. The summed E-state index contributed by atoms with van der Waals surface area (Å²) in [6.07, 6.45) is 3.54. The number of hydrogen-bond donors (Lipinski definition) is 2. The number of hydrogen-bond acceptors (Lipinski definition) is 5. The van der Waals surface area contributed by atoms with Gasteiger partial charge in [-0.1, -0.05) is 6.07 Å². The van der Waals surface area contributed by atoms with Crippen LogP contribution in [-0.4, -0.2) is 25.1 Å². The Morgan fingerprint density at radius 2 is 2.00 bits per heavy atom. The number of pyridine rings is 1. The van der Waals surface area contributed by atoms with Gasteiger partial charge in [-0.05, 0) is 42.7 Å². The van der Waals surface area contributed by atoms with Crippen molar-refractivity contribution in [2.24, 2.45) is 5.73 Å². The van der Waals surface area contributed by atoms with Crippen LogP contribution in [0, 0.1) is 6.92 Å². The Morgan fingerprint density at radius 1 is 1.30 bits per heavy atom. The van der Waals surface area contributed by atoms with E-state index in [0.717, 1.165) is 0 Å². The van der Waals surface area contributed by atoms with Crippen molar-refractivity contribution in [3.63, 3.8) is 0 Å². The van der Waals surface area contributed by atoms with Crippen LogP contribution < -0.4 is 11.1 Å². The highest BCUT2D eigenvalue weighted by Crippen LogP contribution is 2.33. The molecule has 0 fully saturated rings. The predicted molar refractivity (Wildman–Crippen MR) is 87.0 cm³/mol. The maximum absolute atomic E-state index is 12.5. The van der Waals surface area contributed by atoms with Gasteiger partial charge in [-0.2, -0.15) is 0 Å². The van der Waals surface area contributed by atoms with Crippen molar-refractivity contribution in [1.82, 2.24) is 4.98 Å². The van der Waals surface area contributed by atoms with E-state index < -0.39 is 9.84 Å². The lowest BCUT2D eigenvalue weighted by molar-refractivity contribution is 0.102. The lowest BCUT2D eigenvalue weighted by atomic mass is 9.98. The lowest BCUT2D eigenvalue weighted by Gasteiger charge is -2.24. The zero-order valence-electron chi connectivity index (χ0n) is 12.6. The van der Waals surface area contributed by atoms with Crippen molar-refractivity contribution in [2.45, 2.75) is 24.3 Å². The lowest BCUT2D eigenvalue weighted by Crippen LogP contribution is -2.26. The number of nitrogens with zero attached hydrogens (tertiary/aromatic N) is 1. The van der Waals surface area contributed by atoms with Gasteiger partial charge in [0.2, 0.25) is 0 Å². The zero-order chi connectivity index (χ0) is 16.6.